The van der Waals surface area contributed by atoms with Crippen molar-refractivity contribution < 1.29 is 26.3 Å². The number of para-hydroxylation sites is 1. The summed E-state index contributed by atoms with van der Waals surface area (Å²) in [6.45, 7) is 0.348. The van der Waals surface area contributed by atoms with Gasteiger partial charge in [-0.2, -0.15) is 13.2 Å². The molecule has 0 spiro atoms. The molecule has 29 heavy (non-hydrogen) atoms. The normalized spacial score (nSPS) is 14.4. The van der Waals surface area contributed by atoms with Crippen LogP contribution in [0, 0.1) is 0 Å². The van der Waals surface area contributed by atoms with Crippen LogP contribution in [0.1, 0.15) is 10.6 Å². The zero-order chi connectivity index (χ0) is 20.6. The second-order valence-electron chi connectivity index (χ2n) is 6.33. The molecule has 2 aromatic carbocycles. The van der Waals surface area contributed by atoms with Gasteiger partial charge in [0.15, 0.2) is 9.84 Å². The van der Waals surface area contributed by atoms with Crippen LogP contribution in [0.5, 0.6) is 5.75 Å². The number of anilines is 2. The number of hydrogen-bond donors (Lipinski definition) is 0. The van der Waals surface area contributed by atoms with Gasteiger partial charge in [-0.25, -0.2) is 13.4 Å². The first kappa shape index (κ1) is 19.7. The van der Waals surface area contributed by atoms with Gasteiger partial charge in [-0.1, -0.05) is 12.1 Å². The van der Waals surface area contributed by atoms with E-state index in [9.17, 15) is 21.6 Å². The van der Waals surface area contributed by atoms with Crippen LogP contribution >= 0.6 is 11.3 Å². The van der Waals surface area contributed by atoms with Crippen LogP contribution in [0.2, 0.25) is 0 Å². The van der Waals surface area contributed by atoms with Crippen molar-refractivity contribution in [2.75, 3.05) is 18.1 Å². The van der Waals surface area contributed by atoms with E-state index in [-0.39, 0.29) is 35.2 Å². The van der Waals surface area contributed by atoms with Gasteiger partial charge in [0.05, 0.1) is 28.4 Å². The molecule has 0 fully saturated rings. The maximum absolute atomic E-state index is 13.4. The van der Waals surface area contributed by atoms with E-state index in [0.29, 0.717) is 10.7 Å². The molecule has 3 aromatic rings. The standard InChI is InChI=1S/C19H15F3N2O3S2/c20-19(21,22)14-3-1-2-4-15(14)24-8-9-27-17-11-13(5-6-16(17)24)29(25,26)12-18-23-7-10-28-18/h1-7,10-11H,8-9,12H2. The highest BCUT2D eigenvalue weighted by Crippen LogP contribution is 2.43. The summed E-state index contributed by atoms with van der Waals surface area (Å²) in [5.41, 5.74) is -0.364. The van der Waals surface area contributed by atoms with Crippen molar-refractivity contribution in [2.24, 2.45) is 0 Å². The molecule has 5 nitrogen and oxygen atoms in total. The second-order valence-corrected chi connectivity index (χ2v) is 9.30. The van der Waals surface area contributed by atoms with E-state index < -0.39 is 21.6 Å². The van der Waals surface area contributed by atoms with Crippen molar-refractivity contribution in [3.8, 4) is 5.75 Å². The molecular weight excluding hydrogens is 425 g/mol. The Labute approximate surface area is 169 Å². The minimum absolute atomic E-state index is 0.00272. The Morgan fingerprint density at radius 2 is 1.93 bits per heavy atom. The van der Waals surface area contributed by atoms with Crippen molar-refractivity contribution in [3.63, 3.8) is 0 Å². The quantitative estimate of drug-likeness (QED) is 0.590. The summed E-state index contributed by atoms with van der Waals surface area (Å²) in [5.74, 6) is -0.0159. The third kappa shape index (κ3) is 3.95. The Balaban J connectivity index is 1.72. The van der Waals surface area contributed by atoms with Crippen LogP contribution in [0.4, 0.5) is 24.5 Å². The number of sulfone groups is 1. The molecule has 0 unspecified atom stereocenters. The molecule has 1 aliphatic rings. The Bertz CT molecular complexity index is 1130. The summed E-state index contributed by atoms with van der Waals surface area (Å²) in [4.78, 5) is 5.53. The minimum atomic E-state index is -4.51. The van der Waals surface area contributed by atoms with Crippen molar-refractivity contribution in [2.45, 2.75) is 16.8 Å². The van der Waals surface area contributed by atoms with Crippen molar-refractivity contribution >= 4 is 32.5 Å². The number of halogens is 3. The van der Waals surface area contributed by atoms with Crippen LogP contribution < -0.4 is 9.64 Å². The van der Waals surface area contributed by atoms with Gasteiger partial charge < -0.3 is 9.64 Å². The number of fused-ring (bicyclic) bond motifs is 1. The van der Waals surface area contributed by atoms with Crippen molar-refractivity contribution in [1.82, 2.24) is 4.98 Å². The number of rotatable bonds is 4. The first-order valence-corrected chi connectivity index (χ1v) is 11.1. The lowest BCUT2D eigenvalue weighted by Crippen LogP contribution is -2.30. The molecular formula is C19H15F3N2O3S2. The summed E-state index contributed by atoms with van der Waals surface area (Å²) in [5, 5.41) is 2.15. The van der Waals surface area contributed by atoms with Gasteiger partial charge in [-0.3, -0.25) is 0 Å². The number of aromatic nitrogens is 1. The smallest absolute Gasteiger partial charge is 0.418 e. The van der Waals surface area contributed by atoms with Gasteiger partial charge >= 0.3 is 6.18 Å². The van der Waals surface area contributed by atoms with Crippen molar-refractivity contribution in [3.05, 3.63) is 64.6 Å². The number of ether oxygens (including phenoxy) is 1. The number of alkyl halides is 3. The second kappa shape index (κ2) is 7.34. The topological polar surface area (TPSA) is 59.5 Å². The highest BCUT2D eigenvalue weighted by Gasteiger charge is 2.36. The molecule has 10 heteroatoms. The van der Waals surface area contributed by atoms with E-state index in [1.807, 2.05) is 0 Å². The average molecular weight is 440 g/mol. The largest absolute Gasteiger partial charge is 0.489 e. The Morgan fingerprint density at radius 3 is 2.66 bits per heavy atom. The molecule has 0 radical (unpaired) electrons. The van der Waals surface area contributed by atoms with E-state index in [2.05, 4.69) is 4.98 Å². The lowest BCUT2D eigenvalue weighted by molar-refractivity contribution is -0.137. The Kier molecular flexibility index (Phi) is 4.99. The van der Waals surface area contributed by atoms with Crippen LogP contribution in [0.25, 0.3) is 0 Å². The molecule has 152 valence electrons. The number of benzene rings is 2. The van der Waals surface area contributed by atoms with Crippen LogP contribution in [-0.4, -0.2) is 26.6 Å². The molecule has 1 aromatic heterocycles. The lowest BCUT2D eigenvalue weighted by atomic mass is 10.1. The van der Waals surface area contributed by atoms with Crippen molar-refractivity contribution in [1.29, 1.82) is 0 Å². The Hall–Kier alpha value is -2.59. The number of hydrogen-bond acceptors (Lipinski definition) is 6. The maximum atomic E-state index is 13.4. The maximum Gasteiger partial charge on any atom is 0.418 e. The van der Waals surface area contributed by atoms with Crippen LogP contribution in [0.15, 0.2) is 58.9 Å². The molecule has 0 amide bonds. The van der Waals surface area contributed by atoms with E-state index in [1.54, 1.807) is 5.38 Å². The van der Waals surface area contributed by atoms with Gasteiger partial charge in [0.25, 0.3) is 0 Å². The average Bonchev–Trinajstić information content (AvgIpc) is 3.18. The zero-order valence-electron chi connectivity index (χ0n) is 14.9. The molecule has 0 aliphatic carbocycles. The summed E-state index contributed by atoms with van der Waals surface area (Å²) in [6, 6.07) is 9.52. The minimum Gasteiger partial charge on any atom is -0.489 e. The van der Waals surface area contributed by atoms with Gasteiger partial charge in [0.2, 0.25) is 0 Å². The van der Waals surface area contributed by atoms with E-state index in [1.165, 1.54) is 58.8 Å². The third-order valence-corrected chi connectivity index (χ3v) is 7.04. The SMILES string of the molecule is O=S(=O)(Cc1nccs1)c1ccc2c(c1)OCCN2c1ccccc1C(F)(F)F. The van der Waals surface area contributed by atoms with E-state index in [4.69, 9.17) is 4.74 Å². The zero-order valence-corrected chi connectivity index (χ0v) is 16.5. The number of thiazole rings is 1. The first-order valence-electron chi connectivity index (χ1n) is 8.57. The number of nitrogens with zero attached hydrogens (tertiary/aromatic N) is 2. The first-order chi connectivity index (χ1) is 13.8. The summed E-state index contributed by atoms with van der Waals surface area (Å²) < 4.78 is 71.2. The molecule has 0 atom stereocenters. The predicted octanol–water partition coefficient (Wildman–Crippen LogP) is 4.67. The summed E-state index contributed by atoms with van der Waals surface area (Å²) >= 11 is 1.24. The van der Waals surface area contributed by atoms with Crippen LogP contribution in [0.3, 0.4) is 0 Å². The fourth-order valence-electron chi connectivity index (χ4n) is 3.16. The van der Waals surface area contributed by atoms with Gasteiger partial charge in [0, 0.05) is 17.6 Å². The monoisotopic (exact) mass is 440 g/mol. The molecule has 0 saturated carbocycles. The van der Waals surface area contributed by atoms with Crippen LogP contribution in [-0.2, 0) is 21.8 Å². The highest BCUT2D eigenvalue weighted by molar-refractivity contribution is 7.90. The Morgan fingerprint density at radius 1 is 1.14 bits per heavy atom. The molecule has 4 rings (SSSR count). The molecule has 2 heterocycles. The van der Waals surface area contributed by atoms with E-state index >= 15 is 0 Å². The predicted molar refractivity (Wildman–Crippen MR) is 103 cm³/mol. The lowest BCUT2D eigenvalue weighted by Gasteiger charge is -2.33. The molecule has 0 saturated heterocycles. The van der Waals surface area contributed by atoms with Gasteiger partial charge in [-0.05, 0) is 24.3 Å². The van der Waals surface area contributed by atoms with Gasteiger partial charge in [-0.15, -0.1) is 11.3 Å². The fourth-order valence-corrected chi connectivity index (χ4v) is 5.43. The van der Waals surface area contributed by atoms with Gasteiger partial charge in [0.1, 0.15) is 23.1 Å². The summed E-state index contributed by atoms with van der Waals surface area (Å²) in [6.07, 6.45) is -2.98. The fraction of sp³-hybridized carbons (Fsp3) is 0.211. The summed E-state index contributed by atoms with van der Waals surface area (Å²) in [7, 11) is -3.66. The molecule has 1 aliphatic heterocycles. The highest BCUT2D eigenvalue weighted by atomic mass is 32.2. The van der Waals surface area contributed by atoms with E-state index in [0.717, 1.165) is 6.07 Å². The molecule has 0 N–H and O–H groups in total. The molecule has 0 bridgehead atoms. The third-order valence-electron chi connectivity index (χ3n) is 4.45.